The van der Waals surface area contributed by atoms with Crippen LogP contribution >= 0.6 is 11.3 Å². The summed E-state index contributed by atoms with van der Waals surface area (Å²) in [7, 11) is 0. The molecule has 0 N–H and O–H groups in total. The number of Topliss-reactive ketones (excluding diaryl/α,β-unsaturated/α-hetero) is 1. The Morgan fingerprint density at radius 3 is 3.12 bits per heavy atom. The average molecular weight is 237 g/mol. The summed E-state index contributed by atoms with van der Waals surface area (Å²) in [5.41, 5.74) is 1.39. The highest BCUT2D eigenvalue weighted by Gasteiger charge is 2.23. The summed E-state index contributed by atoms with van der Waals surface area (Å²) in [6, 6.07) is 2.66. The number of hydrogen-bond donors (Lipinski definition) is 0. The molecule has 1 unspecified atom stereocenters. The minimum atomic E-state index is 0.321. The maximum atomic E-state index is 11.2. The van der Waals surface area contributed by atoms with E-state index in [1.807, 2.05) is 0 Å². The zero-order valence-corrected chi connectivity index (χ0v) is 10.6. The highest BCUT2D eigenvalue weighted by molar-refractivity contribution is 7.07. The molecule has 0 bridgehead atoms. The molecule has 1 aromatic heterocycles. The minimum absolute atomic E-state index is 0.321. The van der Waals surface area contributed by atoms with E-state index in [0.717, 1.165) is 19.5 Å². The van der Waals surface area contributed by atoms with Crippen LogP contribution in [0.4, 0.5) is 0 Å². The Hall–Kier alpha value is -0.670. The van der Waals surface area contributed by atoms with E-state index in [4.69, 9.17) is 0 Å². The number of likely N-dealkylation sites (tertiary alicyclic amines) is 1. The first-order chi connectivity index (χ1) is 7.75. The molecule has 0 amide bonds. The lowest BCUT2D eigenvalue weighted by Gasteiger charge is -2.35. The van der Waals surface area contributed by atoms with Gasteiger partial charge in [0.15, 0.2) is 0 Å². The van der Waals surface area contributed by atoms with Gasteiger partial charge in [0.2, 0.25) is 0 Å². The monoisotopic (exact) mass is 237 g/mol. The molecule has 0 radical (unpaired) electrons. The number of hydrogen-bond acceptors (Lipinski definition) is 3. The standard InChI is InChI=1S/C13H19NOS/c1-11(15)8-13-4-2-3-6-14(13)9-12-5-7-16-10-12/h5,7,10,13H,2-4,6,8-9H2,1H3. The first-order valence-corrected chi connectivity index (χ1v) is 6.94. The van der Waals surface area contributed by atoms with Crippen molar-refractivity contribution in [1.82, 2.24) is 4.90 Å². The highest BCUT2D eigenvalue weighted by Crippen LogP contribution is 2.22. The molecule has 2 nitrogen and oxygen atoms in total. The molecular formula is C13H19NOS. The zero-order chi connectivity index (χ0) is 11.4. The van der Waals surface area contributed by atoms with Gasteiger partial charge in [0.05, 0.1) is 0 Å². The van der Waals surface area contributed by atoms with Gasteiger partial charge in [-0.15, -0.1) is 0 Å². The van der Waals surface area contributed by atoms with Gasteiger partial charge in [-0.3, -0.25) is 9.69 Å². The Morgan fingerprint density at radius 1 is 1.56 bits per heavy atom. The molecule has 1 atom stereocenters. The van der Waals surface area contributed by atoms with Crippen LogP contribution in [0.25, 0.3) is 0 Å². The molecular weight excluding hydrogens is 218 g/mol. The molecule has 0 spiro atoms. The predicted molar refractivity (Wildman–Crippen MR) is 67.7 cm³/mol. The number of ketones is 1. The Labute approximate surface area is 101 Å². The van der Waals surface area contributed by atoms with E-state index < -0.39 is 0 Å². The third-order valence-electron chi connectivity index (χ3n) is 3.24. The van der Waals surface area contributed by atoms with Crippen LogP contribution in [0.2, 0.25) is 0 Å². The van der Waals surface area contributed by atoms with Crippen LogP contribution in [0.5, 0.6) is 0 Å². The molecule has 0 aliphatic carbocycles. The summed E-state index contributed by atoms with van der Waals surface area (Å²) in [6.07, 6.45) is 4.46. The van der Waals surface area contributed by atoms with Gasteiger partial charge in [-0.25, -0.2) is 0 Å². The van der Waals surface area contributed by atoms with Crippen molar-refractivity contribution in [3.05, 3.63) is 22.4 Å². The number of carbonyl (C=O) groups excluding carboxylic acids is 1. The Morgan fingerprint density at radius 2 is 2.44 bits per heavy atom. The second-order valence-electron chi connectivity index (χ2n) is 4.66. The second-order valence-corrected chi connectivity index (χ2v) is 5.44. The summed E-state index contributed by atoms with van der Waals surface area (Å²) >= 11 is 1.75. The summed E-state index contributed by atoms with van der Waals surface area (Å²) in [5.74, 6) is 0.321. The van der Waals surface area contributed by atoms with Gasteiger partial charge >= 0.3 is 0 Å². The Kier molecular flexibility index (Phi) is 4.13. The van der Waals surface area contributed by atoms with Crippen molar-refractivity contribution in [3.8, 4) is 0 Å². The summed E-state index contributed by atoms with van der Waals surface area (Å²) in [4.78, 5) is 13.7. The van der Waals surface area contributed by atoms with Crippen molar-refractivity contribution in [2.24, 2.45) is 0 Å². The van der Waals surface area contributed by atoms with Crippen molar-refractivity contribution in [2.75, 3.05) is 6.54 Å². The fraction of sp³-hybridized carbons (Fsp3) is 0.615. The van der Waals surface area contributed by atoms with E-state index in [0.29, 0.717) is 11.8 Å². The Balaban J connectivity index is 1.96. The molecule has 88 valence electrons. The van der Waals surface area contributed by atoms with Gasteiger partial charge in [-0.1, -0.05) is 6.42 Å². The molecule has 16 heavy (non-hydrogen) atoms. The van der Waals surface area contributed by atoms with E-state index in [1.165, 1.54) is 24.8 Å². The molecule has 2 rings (SSSR count). The molecule has 0 aromatic carbocycles. The summed E-state index contributed by atoms with van der Waals surface area (Å²) < 4.78 is 0. The molecule has 1 aromatic rings. The van der Waals surface area contributed by atoms with Gasteiger partial charge in [-0.2, -0.15) is 11.3 Å². The van der Waals surface area contributed by atoms with Crippen molar-refractivity contribution in [3.63, 3.8) is 0 Å². The zero-order valence-electron chi connectivity index (χ0n) is 9.82. The molecule has 1 aliphatic rings. The number of piperidine rings is 1. The van der Waals surface area contributed by atoms with E-state index in [9.17, 15) is 4.79 Å². The van der Waals surface area contributed by atoms with Gasteiger partial charge < -0.3 is 0 Å². The quantitative estimate of drug-likeness (QED) is 0.802. The molecule has 1 fully saturated rings. The average Bonchev–Trinajstić information content (AvgIpc) is 2.73. The lowest BCUT2D eigenvalue weighted by Crippen LogP contribution is -2.39. The molecule has 0 saturated carbocycles. The lowest BCUT2D eigenvalue weighted by molar-refractivity contribution is -0.118. The second kappa shape index (κ2) is 5.60. The van der Waals surface area contributed by atoms with Crippen LogP contribution < -0.4 is 0 Å². The first kappa shape index (κ1) is 11.8. The fourth-order valence-corrected chi connectivity index (χ4v) is 3.11. The van der Waals surface area contributed by atoms with Crippen molar-refractivity contribution in [1.29, 1.82) is 0 Å². The topological polar surface area (TPSA) is 20.3 Å². The highest BCUT2D eigenvalue weighted by atomic mass is 32.1. The van der Waals surface area contributed by atoms with Gasteiger partial charge in [0, 0.05) is 19.0 Å². The maximum Gasteiger partial charge on any atom is 0.131 e. The largest absolute Gasteiger partial charge is 0.300 e. The lowest BCUT2D eigenvalue weighted by atomic mass is 9.97. The van der Waals surface area contributed by atoms with Crippen molar-refractivity contribution in [2.45, 2.75) is 45.2 Å². The Bertz CT molecular complexity index is 334. The van der Waals surface area contributed by atoms with Crippen LogP contribution in [0.3, 0.4) is 0 Å². The fourth-order valence-electron chi connectivity index (χ4n) is 2.45. The number of thiophene rings is 1. The van der Waals surface area contributed by atoms with E-state index in [-0.39, 0.29) is 0 Å². The predicted octanol–water partition coefficient (Wildman–Crippen LogP) is 3.08. The van der Waals surface area contributed by atoms with Crippen molar-refractivity contribution < 1.29 is 4.79 Å². The van der Waals surface area contributed by atoms with E-state index in [1.54, 1.807) is 18.3 Å². The molecule has 2 heterocycles. The first-order valence-electron chi connectivity index (χ1n) is 6.00. The van der Waals surface area contributed by atoms with Crippen LogP contribution in [0, 0.1) is 0 Å². The molecule has 1 aliphatic heterocycles. The third kappa shape index (κ3) is 3.16. The molecule has 3 heteroatoms. The minimum Gasteiger partial charge on any atom is -0.300 e. The third-order valence-corrected chi connectivity index (χ3v) is 3.97. The SMILES string of the molecule is CC(=O)CC1CCCCN1Cc1ccsc1. The number of rotatable bonds is 4. The molecule has 1 saturated heterocycles. The van der Waals surface area contributed by atoms with Gasteiger partial charge in [0.25, 0.3) is 0 Å². The maximum absolute atomic E-state index is 11.2. The van der Waals surface area contributed by atoms with Gasteiger partial charge in [-0.05, 0) is 48.7 Å². The summed E-state index contributed by atoms with van der Waals surface area (Å²) in [6.45, 7) is 3.87. The van der Waals surface area contributed by atoms with Crippen LogP contribution in [0.1, 0.15) is 38.2 Å². The van der Waals surface area contributed by atoms with Crippen molar-refractivity contribution >= 4 is 17.1 Å². The smallest absolute Gasteiger partial charge is 0.131 e. The normalized spacial score (nSPS) is 22.2. The van der Waals surface area contributed by atoms with E-state index >= 15 is 0 Å². The van der Waals surface area contributed by atoms with Crippen LogP contribution in [-0.2, 0) is 11.3 Å². The summed E-state index contributed by atoms with van der Waals surface area (Å²) in [5, 5.41) is 4.33. The van der Waals surface area contributed by atoms with E-state index in [2.05, 4.69) is 21.7 Å². The number of carbonyl (C=O) groups is 1. The van der Waals surface area contributed by atoms with Crippen LogP contribution in [-0.4, -0.2) is 23.3 Å². The van der Waals surface area contributed by atoms with Crippen LogP contribution in [0.15, 0.2) is 16.8 Å². The number of nitrogens with zero attached hydrogens (tertiary/aromatic N) is 1. The van der Waals surface area contributed by atoms with Gasteiger partial charge in [0.1, 0.15) is 5.78 Å².